The first kappa shape index (κ1) is 14.3. The molecule has 1 atom stereocenters. The summed E-state index contributed by atoms with van der Waals surface area (Å²) in [5.74, 6) is -0.149. The second kappa shape index (κ2) is 6.84. The summed E-state index contributed by atoms with van der Waals surface area (Å²) in [5, 5.41) is 12.7. The van der Waals surface area contributed by atoms with Crippen molar-refractivity contribution < 1.29 is 9.90 Å². The summed E-state index contributed by atoms with van der Waals surface area (Å²) in [4.78, 5) is 11.7. The topological polar surface area (TPSA) is 49.3 Å². The van der Waals surface area contributed by atoms with Gasteiger partial charge in [-0.1, -0.05) is 30.1 Å². The summed E-state index contributed by atoms with van der Waals surface area (Å²) in [7, 11) is 0. The van der Waals surface area contributed by atoms with E-state index in [1.54, 1.807) is 18.2 Å². The van der Waals surface area contributed by atoms with Crippen molar-refractivity contribution in [3.05, 3.63) is 33.8 Å². The van der Waals surface area contributed by atoms with E-state index >= 15 is 0 Å². The van der Waals surface area contributed by atoms with Crippen molar-refractivity contribution in [2.45, 2.75) is 25.8 Å². The number of halogens is 2. The minimum absolute atomic E-state index is 0.0570. The minimum Gasteiger partial charge on any atom is -0.394 e. The molecular weight excluding hydrogens is 261 g/mol. The SMILES string of the molecule is CCC(CO)NC(=O)Cc1cc(Cl)cc(Cl)c1. The lowest BCUT2D eigenvalue weighted by atomic mass is 10.1. The first-order chi connectivity index (χ1) is 8.05. The molecule has 1 amide bonds. The van der Waals surface area contributed by atoms with E-state index < -0.39 is 0 Å². The molecule has 0 aliphatic rings. The third-order valence-electron chi connectivity index (χ3n) is 2.37. The third kappa shape index (κ3) is 4.94. The van der Waals surface area contributed by atoms with Crippen molar-refractivity contribution in [1.29, 1.82) is 0 Å². The normalized spacial score (nSPS) is 12.2. The van der Waals surface area contributed by atoms with Gasteiger partial charge in [-0.05, 0) is 30.2 Å². The molecular formula is C12H15Cl2NO2. The van der Waals surface area contributed by atoms with Crippen LogP contribution in [0.1, 0.15) is 18.9 Å². The Morgan fingerprint density at radius 3 is 2.41 bits per heavy atom. The molecule has 0 aliphatic heterocycles. The Hall–Kier alpha value is -0.770. The summed E-state index contributed by atoms with van der Waals surface area (Å²) >= 11 is 11.7. The predicted molar refractivity (Wildman–Crippen MR) is 69.5 cm³/mol. The van der Waals surface area contributed by atoms with Crippen LogP contribution in [0.5, 0.6) is 0 Å². The van der Waals surface area contributed by atoms with E-state index in [2.05, 4.69) is 5.32 Å². The van der Waals surface area contributed by atoms with Crippen molar-refractivity contribution in [1.82, 2.24) is 5.32 Å². The molecule has 1 rings (SSSR count). The minimum atomic E-state index is -0.197. The maximum absolute atomic E-state index is 11.7. The summed E-state index contributed by atoms with van der Waals surface area (Å²) in [6.45, 7) is 1.84. The monoisotopic (exact) mass is 275 g/mol. The molecule has 5 heteroatoms. The molecule has 94 valence electrons. The lowest BCUT2D eigenvalue weighted by molar-refractivity contribution is -0.121. The lowest BCUT2D eigenvalue weighted by Crippen LogP contribution is -2.37. The van der Waals surface area contributed by atoms with E-state index in [0.29, 0.717) is 16.5 Å². The van der Waals surface area contributed by atoms with Crippen LogP contribution >= 0.6 is 23.2 Å². The molecule has 0 aliphatic carbocycles. The molecule has 2 N–H and O–H groups in total. The van der Waals surface area contributed by atoms with Gasteiger partial charge in [-0.3, -0.25) is 4.79 Å². The zero-order valence-electron chi connectivity index (χ0n) is 9.54. The lowest BCUT2D eigenvalue weighted by Gasteiger charge is -2.14. The quantitative estimate of drug-likeness (QED) is 0.867. The number of carbonyl (C=O) groups is 1. The van der Waals surface area contributed by atoms with E-state index in [4.69, 9.17) is 28.3 Å². The fraction of sp³-hybridized carbons (Fsp3) is 0.417. The van der Waals surface area contributed by atoms with Gasteiger partial charge in [0.1, 0.15) is 0 Å². The van der Waals surface area contributed by atoms with Gasteiger partial charge in [-0.25, -0.2) is 0 Å². The van der Waals surface area contributed by atoms with Gasteiger partial charge in [-0.2, -0.15) is 0 Å². The second-order valence-electron chi connectivity index (χ2n) is 3.81. The van der Waals surface area contributed by atoms with Crippen LogP contribution in [-0.4, -0.2) is 23.7 Å². The Bertz CT molecular complexity index is 372. The highest BCUT2D eigenvalue weighted by Gasteiger charge is 2.10. The molecule has 0 aromatic heterocycles. The average Bonchev–Trinajstić information content (AvgIpc) is 2.24. The zero-order chi connectivity index (χ0) is 12.8. The molecule has 0 radical (unpaired) electrons. The van der Waals surface area contributed by atoms with E-state index in [0.717, 1.165) is 5.56 Å². The molecule has 3 nitrogen and oxygen atoms in total. The van der Waals surface area contributed by atoms with E-state index in [-0.39, 0.29) is 25.0 Å². The number of aliphatic hydroxyl groups is 1. The number of nitrogens with one attached hydrogen (secondary N) is 1. The van der Waals surface area contributed by atoms with Crippen molar-refractivity contribution in [3.63, 3.8) is 0 Å². The molecule has 0 fully saturated rings. The zero-order valence-corrected chi connectivity index (χ0v) is 11.1. The summed E-state index contributed by atoms with van der Waals surface area (Å²) in [5.41, 5.74) is 0.757. The molecule has 1 aromatic rings. The molecule has 0 saturated heterocycles. The Morgan fingerprint density at radius 2 is 1.94 bits per heavy atom. The van der Waals surface area contributed by atoms with Crippen LogP contribution in [0, 0.1) is 0 Å². The molecule has 1 aromatic carbocycles. The fourth-order valence-corrected chi connectivity index (χ4v) is 2.03. The van der Waals surface area contributed by atoms with Crippen LogP contribution < -0.4 is 5.32 Å². The smallest absolute Gasteiger partial charge is 0.224 e. The van der Waals surface area contributed by atoms with Gasteiger partial charge in [-0.15, -0.1) is 0 Å². The van der Waals surface area contributed by atoms with E-state index in [9.17, 15) is 4.79 Å². The molecule has 0 spiro atoms. The average molecular weight is 276 g/mol. The van der Waals surface area contributed by atoms with Gasteiger partial charge >= 0.3 is 0 Å². The first-order valence-corrected chi connectivity index (χ1v) is 6.16. The number of carbonyl (C=O) groups excluding carboxylic acids is 1. The van der Waals surface area contributed by atoms with Crippen LogP contribution in [0.2, 0.25) is 10.0 Å². The maximum atomic E-state index is 11.7. The Kier molecular flexibility index (Phi) is 5.75. The highest BCUT2D eigenvalue weighted by molar-refractivity contribution is 6.34. The molecule has 0 heterocycles. The Balaban J connectivity index is 2.61. The molecule has 0 saturated carbocycles. The number of hydrogen-bond donors (Lipinski definition) is 2. The number of aliphatic hydroxyl groups excluding tert-OH is 1. The van der Waals surface area contributed by atoms with Crippen LogP contribution in [0.3, 0.4) is 0 Å². The fourth-order valence-electron chi connectivity index (χ4n) is 1.45. The third-order valence-corrected chi connectivity index (χ3v) is 2.80. The van der Waals surface area contributed by atoms with Crippen LogP contribution in [0.25, 0.3) is 0 Å². The Labute approximate surface area is 111 Å². The van der Waals surface area contributed by atoms with Crippen molar-refractivity contribution >= 4 is 29.1 Å². The number of hydrogen-bond acceptors (Lipinski definition) is 2. The molecule has 0 bridgehead atoms. The number of rotatable bonds is 5. The largest absolute Gasteiger partial charge is 0.394 e. The maximum Gasteiger partial charge on any atom is 0.224 e. The summed E-state index contributed by atoms with van der Waals surface area (Å²) in [6, 6.07) is 4.82. The van der Waals surface area contributed by atoms with Gasteiger partial charge in [0.15, 0.2) is 0 Å². The summed E-state index contributed by atoms with van der Waals surface area (Å²) < 4.78 is 0. The number of benzene rings is 1. The van der Waals surface area contributed by atoms with Crippen molar-refractivity contribution in [3.8, 4) is 0 Å². The van der Waals surface area contributed by atoms with Gasteiger partial charge in [0.2, 0.25) is 5.91 Å². The Morgan fingerprint density at radius 1 is 1.35 bits per heavy atom. The van der Waals surface area contributed by atoms with Crippen LogP contribution in [-0.2, 0) is 11.2 Å². The predicted octanol–water partition coefficient (Wildman–Crippen LogP) is 2.42. The van der Waals surface area contributed by atoms with Crippen LogP contribution in [0.4, 0.5) is 0 Å². The van der Waals surface area contributed by atoms with E-state index in [1.165, 1.54) is 0 Å². The second-order valence-corrected chi connectivity index (χ2v) is 4.68. The van der Waals surface area contributed by atoms with Gasteiger partial charge in [0.05, 0.1) is 19.1 Å². The highest BCUT2D eigenvalue weighted by atomic mass is 35.5. The van der Waals surface area contributed by atoms with Crippen LogP contribution in [0.15, 0.2) is 18.2 Å². The highest BCUT2D eigenvalue weighted by Crippen LogP contribution is 2.19. The van der Waals surface area contributed by atoms with E-state index in [1.807, 2.05) is 6.92 Å². The van der Waals surface area contributed by atoms with Gasteiger partial charge < -0.3 is 10.4 Å². The number of amides is 1. The van der Waals surface area contributed by atoms with Crippen molar-refractivity contribution in [2.24, 2.45) is 0 Å². The standard InChI is InChI=1S/C12H15Cl2NO2/c1-2-11(7-16)15-12(17)5-8-3-9(13)6-10(14)4-8/h3-4,6,11,16H,2,5,7H2,1H3,(H,15,17). The van der Waals surface area contributed by atoms with Gasteiger partial charge in [0, 0.05) is 10.0 Å². The molecule has 17 heavy (non-hydrogen) atoms. The van der Waals surface area contributed by atoms with Gasteiger partial charge in [0.25, 0.3) is 0 Å². The van der Waals surface area contributed by atoms with Crippen molar-refractivity contribution in [2.75, 3.05) is 6.61 Å². The molecule has 1 unspecified atom stereocenters. The summed E-state index contributed by atoms with van der Waals surface area (Å²) in [6.07, 6.45) is 0.898. The first-order valence-electron chi connectivity index (χ1n) is 5.40.